The Morgan fingerprint density at radius 1 is 1.33 bits per heavy atom. The van der Waals surface area contributed by atoms with Gasteiger partial charge in [0.25, 0.3) is 0 Å². The number of nitrogens with zero attached hydrogens (tertiary/aromatic N) is 3. The van der Waals surface area contributed by atoms with Crippen molar-refractivity contribution in [2.75, 3.05) is 0 Å². The third kappa shape index (κ3) is 3.98. The number of benzene rings is 1. The van der Waals surface area contributed by atoms with Crippen molar-refractivity contribution in [1.82, 2.24) is 14.8 Å². The highest BCUT2D eigenvalue weighted by Crippen LogP contribution is 2.23. The molecular weight excluding hydrogens is 280 g/mol. The quantitative estimate of drug-likeness (QED) is 0.890. The number of aromatic nitrogens is 3. The minimum Gasteiger partial charge on any atom is -0.435 e. The summed E-state index contributed by atoms with van der Waals surface area (Å²) in [4.78, 5) is 4.11. The lowest BCUT2D eigenvalue weighted by atomic mass is 10.1. The molecule has 2 aromatic rings. The molecule has 1 aromatic heterocycles. The normalized spacial score (nSPS) is 12.9. The number of alkyl halides is 2. The van der Waals surface area contributed by atoms with E-state index < -0.39 is 12.7 Å². The number of hydrogen-bond donors (Lipinski definition) is 1. The average Bonchev–Trinajstić information content (AvgIpc) is 2.86. The van der Waals surface area contributed by atoms with Crippen molar-refractivity contribution < 1.29 is 18.6 Å². The zero-order valence-electron chi connectivity index (χ0n) is 11.8. The van der Waals surface area contributed by atoms with Crippen LogP contribution in [0.15, 0.2) is 30.6 Å². The molecule has 0 radical (unpaired) electrons. The molecule has 0 aliphatic rings. The second kappa shape index (κ2) is 6.62. The van der Waals surface area contributed by atoms with E-state index in [1.54, 1.807) is 16.8 Å². The van der Waals surface area contributed by atoms with Crippen molar-refractivity contribution in [3.63, 3.8) is 0 Å². The summed E-state index contributed by atoms with van der Waals surface area (Å²) in [7, 11) is 0. The van der Waals surface area contributed by atoms with E-state index in [0.717, 1.165) is 0 Å². The molecule has 1 aromatic carbocycles. The summed E-state index contributed by atoms with van der Waals surface area (Å²) in [6.45, 7) is 1.03. The van der Waals surface area contributed by atoms with Crippen LogP contribution in [-0.4, -0.2) is 26.5 Å². The lowest BCUT2D eigenvalue weighted by molar-refractivity contribution is -0.0499. The van der Waals surface area contributed by atoms with Crippen LogP contribution in [0.2, 0.25) is 0 Å². The Bertz CT molecular complexity index is 587. The van der Waals surface area contributed by atoms with Gasteiger partial charge in [-0.25, -0.2) is 9.67 Å². The summed E-state index contributed by atoms with van der Waals surface area (Å²) < 4.78 is 30.4. The molecule has 0 aliphatic heterocycles. The molecule has 0 fully saturated rings. The van der Waals surface area contributed by atoms with E-state index >= 15 is 0 Å². The highest BCUT2D eigenvalue weighted by molar-refractivity contribution is 5.30. The molecule has 114 valence electrons. The summed E-state index contributed by atoms with van der Waals surface area (Å²) in [6, 6.07) is 6.15. The van der Waals surface area contributed by atoms with Crippen molar-refractivity contribution in [3.8, 4) is 5.75 Å². The van der Waals surface area contributed by atoms with Gasteiger partial charge in [-0.2, -0.15) is 13.9 Å². The van der Waals surface area contributed by atoms with E-state index in [4.69, 9.17) is 0 Å². The number of aliphatic hydroxyl groups is 1. The number of aliphatic hydroxyl groups excluding tert-OH is 1. The smallest absolute Gasteiger partial charge is 0.387 e. The Balaban J connectivity index is 2.12. The molecule has 0 saturated carbocycles. The van der Waals surface area contributed by atoms with Crippen molar-refractivity contribution in [2.45, 2.75) is 39.0 Å². The van der Waals surface area contributed by atoms with Crippen LogP contribution in [-0.2, 0) is 6.42 Å². The van der Waals surface area contributed by atoms with Crippen LogP contribution < -0.4 is 4.74 Å². The van der Waals surface area contributed by atoms with Gasteiger partial charge in [0.1, 0.15) is 17.9 Å². The second-order valence-electron chi connectivity index (χ2n) is 4.89. The molecule has 7 heteroatoms. The van der Waals surface area contributed by atoms with Gasteiger partial charge in [-0.05, 0) is 31.5 Å². The largest absolute Gasteiger partial charge is 0.435 e. The predicted molar refractivity (Wildman–Crippen MR) is 72.1 cm³/mol. The van der Waals surface area contributed by atoms with Crippen LogP contribution in [0.3, 0.4) is 0 Å². The van der Waals surface area contributed by atoms with Crippen LogP contribution in [0, 0.1) is 0 Å². The third-order valence-electron chi connectivity index (χ3n) is 2.98. The van der Waals surface area contributed by atoms with Crippen molar-refractivity contribution >= 4 is 0 Å². The molecular formula is C14H17F2N3O2. The Morgan fingerprint density at radius 2 is 2.10 bits per heavy atom. The molecule has 0 saturated heterocycles. The Labute approximate surface area is 121 Å². The summed E-state index contributed by atoms with van der Waals surface area (Å²) in [6.07, 6.45) is 0.808. The fraction of sp³-hybridized carbons (Fsp3) is 0.429. The van der Waals surface area contributed by atoms with Gasteiger partial charge in [-0.15, -0.1) is 0 Å². The topological polar surface area (TPSA) is 60.2 Å². The molecule has 2 rings (SSSR count). The molecule has 1 N–H and O–H groups in total. The molecule has 1 heterocycles. The first-order valence-electron chi connectivity index (χ1n) is 6.58. The van der Waals surface area contributed by atoms with Gasteiger partial charge in [0, 0.05) is 12.5 Å². The number of rotatable bonds is 6. The first kappa shape index (κ1) is 15.4. The van der Waals surface area contributed by atoms with E-state index in [2.05, 4.69) is 14.8 Å². The fourth-order valence-corrected chi connectivity index (χ4v) is 2.04. The first-order valence-corrected chi connectivity index (χ1v) is 6.58. The Hall–Kier alpha value is -2.02. The number of hydrogen-bond acceptors (Lipinski definition) is 4. The van der Waals surface area contributed by atoms with E-state index in [1.165, 1.54) is 18.5 Å². The maximum absolute atomic E-state index is 12.2. The minimum atomic E-state index is -2.89. The zero-order chi connectivity index (χ0) is 15.4. The van der Waals surface area contributed by atoms with Crippen LogP contribution in [0.5, 0.6) is 5.75 Å². The maximum Gasteiger partial charge on any atom is 0.387 e. The van der Waals surface area contributed by atoms with Crippen LogP contribution >= 0.6 is 0 Å². The molecule has 0 aliphatic carbocycles. The SMILES string of the molecule is CC(C)n1ncnc1CC(O)c1cccc(OC(F)F)c1. The van der Waals surface area contributed by atoms with Gasteiger partial charge in [-0.3, -0.25) is 0 Å². The van der Waals surface area contributed by atoms with Gasteiger partial charge in [0.05, 0.1) is 6.10 Å². The summed E-state index contributed by atoms with van der Waals surface area (Å²) in [5.41, 5.74) is 0.492. The molecule has 21 heavy (non-hydrogen) atoms. The molecule has 5 nitrogen and oxygen atoms in total. The van der Waals surface area contributed by atoms with E-state index in [1.807, 2.05) is 13.8 Å². The fourth-order valence-electron chi connectivity index (χ4n) is 2.04. The minimum absolute atomic E-state index is 0.0203. The van der Waals surface area contributed by atoms with E-state index in [9.17, 15) is 13.9 Å². The summed E-state index contributed by atoms with van der Waals surface area (Å²) in [5.74, 6) is 0.657. The monoisotopic (exact) mass is 297 g/mol. The maximum atomic E-state index is 12.2. The number of ether oxygens (including phenoxy) is 1. The lowest BCUT2D eigenvalue weighted by Gasteiger charge is -2.14. The molecule has 0 bridgehead atoms. The molecule has 1 unspecified atom stereocenters. The highest BCUT2D eigenvalue weighted by atomic mass is 19.3. The number of halogens is 2. The summed E-state index contributed by atoms with van der Waals surface area (Å²) in [5, 5.41) is 14.3. The highest BCUT2D eigenvalue weighted by Gasteiger charge is 2.16. The predicted octanol–water partition coefficient (Wildman–Crippen LogP) is 2.74. The Kier molecular flexibility index (Phi) is 4.85. The Morgan fingerprint density at radius 3 is 2.76 bits per heavy atom. The van der Waals surface area contributed by atoms with Crippen LogP contribution in [0.25, 0.3) is 0 Å². The van der Waals surface area contributed by atoms with Crippen LogP contribution in [0.1, 0.15) is 37.4 Å². The van der Waals surface area contributed by atoms with Gasteiger partial charge < -0.3 is 9.84 Å². The van der Waals surface area contributed by atoms with Gasteiger partial charge in [-0.1, -0.05) is 12.1 Å². The van der Waals surface area contributed by atoms with Crippen LogP contribution in [0.4, 0.5) is 8.78 Å². The van der Waals surface area contributed by atoms with Crippen molar-refractivity contribution in [3.05, 3.63) is 42.0 Å². The third-order valence-corrected chi connectivity index (χ3v) is 2.98. The second-order valence-corrected chi connectivity index (χ2v) is 4.89. The zero-order valence-corrected chi connectivity index (χ0v) is 11.8. The molecule has 0 spiro atoms. The average molecular weight is 297 g/mol. The van der Waals surface area contributed by atoms with E-state index in [0.29, 0.717) is 11.4 Å². The standard InChI is InChI=1S/C14H17F2N3O2/c1-9(2)19-13(17-8-18-19)7-12(20)10-4-3-5-11(6-10)21-14(15)16/h3-6,8-9,12,14,20H,7H2,1-2H3. The van der Waals surface area contributed by atoms with Gasteiger partial charge in [0.15, 0.2) is 0 Å². The molecule has 1 atom stereocenters. The van der Waals surface area contributed by atoms with Gasteiger partial charge in [0.2, 0.25) is 0 Å². The van der Waals surface area contributed by atoms with Gasteiger partial charge >= 0.3 is 6.61 Å². The molecule has 0 amide bonds. The van der Waals surface area contributed by atoms with Crippen molar-refractivity contribution in [2.24, 2.45) is 0 Å². The first-order chi connectivity index (χ1) is 9.97. The summed E-state index contributed by atoms with van der Waals surface area (Å²) >= 11 is 0. The van der Waals surface area contributed by atoms with Crippen molar-refractivity contribution in [1.29, 1.82) is 0 Å². The van der Waals surface area contributed by atoms with E-state index in [-0.39, 0.29) is 18.2 Å². The lowest BCUT2D eigenvalue weighted by Crippen LogP contribution is -2.12.